The van der Waals surface area contributed by atoms with Gasteiger partial charge in [-0.05, 0) is 19.1 Å². The summed E-state index contributed by atoms with van der Waals surface area (Å²) in [5, 5.41) is 18.3. The van der Waals surface area contributed by atoms with Crippen molar-refractivity contribution in [1.82, 2.24) is 0 Å². The van der Waals surface area contributed by atoms with E-state index in [1.165, 1.54) is 6.07 Å². The predicted molar refractivity (Wildman–Crippen MR) is 71.4 cm³/mol. The number of aliphatic hydroxyl groups is 1. The SMILES string of the molecule is CC1COC(CO)CN1c1cccc(C(=O)O)c1N. The van der Waals surface area contributed by atoms with E-state index in [1.807, 2.05) is 11.8 Å². The summed E-state index contributed by atoms with van der Waals surface area (Å²) < 4.78 is 5.46. The van der Waals surface area contributed by atoms with E-state index in [4.69, 9.17) is 15.6 Å². The molecule has 2 unspecified atom stereocenters. The van der Waals surface area contributed by atoms with Crippen molar-refractivity contribution in [1.29, 1.82) is 0 Å². The number of para-hydroxylation sites is 1. The molecule has 0 aromatic heterocycles. The minimum Gasteiger partial charge on any atom is -0.478 e. The number of aromatic carboxylic acids is 1. The second-order valence-electron chi connectivity index (χ2n) is 4.68. The van der Waals surface area contributed by atoms with Gasteiger partial charge in [-0.25, -0.2) is 4.79 Å². The molecule has 6 nitrogen and oxygen atoms in total. The Bertz CT molecular complexity index is 478. The molecule has 1 heterocycles. The third-order valence-corrected chi connectivity index (χ3v) is 3.33. The van der Waals surface area contributed by atoms with Gasteiger partial charge in [0, 0.05) is 12.6 Å². The number of carboxylic acid groups (broad SMARTS) is 1. The molecular formula is C13H18N2O4. The van der Waals surface area contributed by atoms with Crippen LogP contribution in [0.1, 0.15) is 17.3 Å². The molecule has 1 aromatic rings. The topological polar surface area (TPSA) is 96.0 Å². The molecule has 0 spiro atoms. The monoisotopic (exact) mass is 266 g/mol. The lowest BCUT2D eigenvalue weighted by Gasteiger charge is -2.39. The van der Waals surface area contributed by atoms with Crippen molar-refractivity contribution in [3.8, 4) is 0 Å². The highest BCUT2D eigenvalue weighted by atomic mass is 16.5. The Balaban J connectivity index is 2.34. The number of ether oxygens (including phenoxy) is 1. The van der Waals surface area contributed by atoms with Crippen molar-refractivity contribution in [2.75, 3.05) is 30.4 Å². The number of nitrogen functional groups attached to an aromatic ring is 1. The average molecular weight is 266 g/mol. The molecule has 1 aromatic carbocycles. The van der Waals surface area contributed by atoms with Gasteiger partial charge >= 0.3 is 5.97 Å². The van der Waals surface area contributed by atoms with E-state index in [1.54, 1.807) is 12.1 Å². The molecule has 0 aliphatic carbocycles. The van der Waals surface area contributed by atoms with Crippen molar-refractivity contribution in [2.45, 2.75) is 19.1 Å². The summed E-state index contributed by atoms with van der Waals surface area (Å²) in [6.07, 6.45) is -0.274. The van der Waals surface area contributed by atoms with Crippen molar-refractivity contribution in [3.63, 3.8) is 0 Å². The summed E-state index contributed by atoms with van der Waals surface area (Å²) in [6, 6.07) is 5.02. The normalized spacial score (nSPS) is 23.4. The van der Waals surface area contributed by atoms with Crippen molar-refractivity contribution in [3.05, 3.63) is 23.8 Å². The van der Waals surface area contributed by atoms with Gasteiger partial charge in [0.25, 0.3) is 0 Å². The van der Waals surface area contributed by atoms with Crippen molar-refractivity contribution < 1.29 is 19.7 Å². The zero-order valence-electron chi connectivity index (χ0n) is 10.7. The number of hydrogen-bond donors (Lipinski definition) is 3. The number of carboxylic acids is 1. The van der Waals surface area contributed by atoms with Gasteiger partial charge in [0.15, 0.2) is 0 Å². The summed E-state index contributed by atoms with van der Waals surface area (Å²) in [6.45, 7) is 2.87. The smallest absolute Gasteiger partial charge is 0.337 e. The van der Waals surface area contributed by atoms with E-state index < -0.39 is 5.97 Å². The third kappa shape index (κ3) is 2.64. The molecule has 1 fully saturated rings. The number of carbonyl (C=O) groups is 1. The Kier molecular flexibility index (Phi) is 3.92. The van der Waals surface area contributed by atoms with E-state index in [2.05, 4.69) is 0 Å². The largest absolute Gasteiger partial charge is 0.478 e. The fourth-order valence-electron chi connectivity index (χ4n) is 2.25. The Morgan fingerprint density at radius 1 is 1.58 bits per heavy atom. The Morgan fingerprint density at radius 3 is 2.95 bits per heavy atom. The van der Waals surface area contributed by atoms with E-state index >= 15 is 0 Å². The number of morpholine rings is 1. The summed E-state index contributed by atoms with van der Waals surface area (Å²) in [4.78, 5) is 13.1. The zero-order chi connectivity index (χ0) is 14.0. The van der Waals surface area contributed by atoms with Gasteiger partial charge < -0.3 is 25.6 Å². The number of rotatable bonds is 3. The van der Waals surface area contributed by atoms with Crippen LogP contribution in [-0.4, -0.2) is 48.1 Å². The zero-order valence-corrected chi connectivity index (χ0v) is 10.7. The van der Waals surface area contributed by atoms with Gasteiger partial charge in [-0.1, -0.05) is 6.07 Å². The molecule has 2 rings (SSSR count). The molecule has 2 atom stereocenters. The average Bonchev–Trinajstić information content (AvgIpc) is 2.39. The summed E-state index contributed by atoms with van der Waals surface area (Å²) in [7, 11) is 0. The minimum atomic E-state index is -1.04. The van der Waals surface area contributed by atoms with E-state index in [9.17, 15) is 9.90 Å². The quantitative estimate of drug-likeness (QED) is 0.692. The van der Waals surface area contributed by atoms with Gasteiger partial charge in [-0.15, -0.1) is 0 Å². The lowest BCUT2D eigenvalue weighted by atomic mass is 10.1. The molecular weight excluding hydrogens is 248 g/mol. The molecule has 0 radical (unpaired) electrons. The fourth-order valence-corrected chi connectivity index (χ4v) is 2.25. The molecule has 6 heteroatoms. The molecule has 0 saturated carbocycles. The van der Waals surface area contributed by atoms with Gasteiger partial charge in [-0.3, -0.25) is 0 Å². The van der Waals surface area contributed by atoms with Crippen LogP contribution in [0.3, 0.4) is 0 Å². The van der Waals surface area contributed by atoms with Gasteiger partial charge in [0.1, 0.15) is 0 Å². The fraction of sp³-hybridized carbons (Fsp3) is 0.462. The molecule has 19 heavy (non-hydrogen) atoms. The maximum absolute atomic E-state index is 11.1. The van der Waals surface area contributed by atoms with Crippen molar-refractivity contribution in [2.24, 2.45) is 0 Å². The van der Waals surface area contributed by atoms with Crippen LogP contribution in [-0.2, 0) is 4.74 Å². The molecule has 1 aliphatic heterocycles. The van der Waals surface area contributed by atoms with Crippen LogP contribution >= 0.6 is 0 Å². The first-order valence-electron chi connectivity index (χ1n) is 6.15. The van der Waals surface area contributed by atoms with Crippen molar-refractivity contribution >= 4 is 17.3 Å². The van der Waals surface area contributed by atoms with E-state index in [0.717, 1.165) is 0 Å². The van der Waals surface area contributed by atoms with Gasteiger partial charge in [0.2, 0.25) is 0 Å². The first-order chi connectivity index (χ1) is 9.04. The van der Waals surface area contributed by atoms with Crippen LogP contribution in [0, 0.1) is 0 Å². The van der Waals surface area contributed by atoms with Crippen LogP contribution in [0.2, 0.25) is 0 Å². The van der Waals surface area contributed by atoms with Gasteiger partial charge in [-0.2, -0.15) is 0 Å². The lowest BCUT2D eigenvalue weighted by molar-refractivity contribution is -0.0102. The number of benzene rings is 1. The van der Waals surface area contributed by atoms with Gasteiger partial charge in [0.05, 0.1) is 36.3 Å². The predicted octanol–water partition coefficient (Wildman–Crippen LogP) is 0.553. The van der Waals surface area contributed by atoms with Crippen LogP contribution in [0.25, 0.3) is 0 Å². The van der Waals surface area contributed by atoms with E-state index in [0.29, 0.717) is 18.8 Å². The molecule has 1 saturated heterocycles. The Morgan fingerprint density at radius 2 is 2.32 bits per heavy atom. The number of anilines is 2. The highest BCUT2D eigenvalue weighted by Crippen LogP contribution is 2.30. The second kappa shape index (κ2) is 5.46. The maximum atomic E-state index is 11.1. The van der Waals surface area contributed by atoms with Crippen LogP contribution < -0.4 is 10.6 Å². The maximum Gasteiger partial charge on any atom is 0.337 e. The number of hydrogen-bond acceptors (Lipinski definition) is 5. The number of nitrogens with zero attached hydrogens (tertiary/aromatic N) is 1. The Labute approximate surface area is 111 Å². The highest BCUT2D eigenvalue weighted by Gasteiger charge is 2.28. The minimum absolute atomic E-state index is 0.0677. The first-order valence-corrected chi connectivity index (χ1v) is 6.15. The molecule has 1 aliphatic rings. The molecule has 104 valence electrons. The Hall–Kier alpha value is -1.79. The number of nitrogens with two attached hydrogens (primary N) is 1. The summed E-state index contributed by atoms with van der Waals surface area (Å²) in [5.41, 5.74) is 6.96. The lowest BCUT2D eigenvalue weighted by Crippen LogP contribution is -2.49. The van der Waals surface area contributed by atoms with Crippen LogP contribution in [0.15, 0.2) is 18.2 Å². The highest BCUT2D eigenvalue weighted by molar-refractivity contribution is 5.97. The van der Waals surface area contributed by atoms with Crippen LogP contribution in [0.5, 0.6) is 0 Å². The number of aliphatic hydroxyl groups excluding tert-OH is 1. The summed E-state index contributed by atoms with van der Waals surface area (Å²) >= 11 is 0. The standard InChI is InChI=1S/C13H18N2O4/c1-8-7-19-9(6-16)5-15(8)11-4-2-3-10(12(11)14)13(17)18/h2-4,8-9,16H,5-7,14H2,1H3,(H,17,18). The summed E-state index contributed by atoms with van der Waals surface area (Å²) in [5.74, 6) is -1.04. The molecule has 4 N–H and O–H groups in total. The second-order valence-corrected chi connectivity index (χ2v) is 4.68. The third-order valence-electron chi connectivity index (χ3n) is 3.33. The van der Waals surface area contributed by atoms with E-state index in [-0.39, 0.29) is 30.0 Å². The molecule has 0 amide bonds. The first kappa shape index (κ1) is 13.6. The molecule has 0 bridgehead atoms. The van der Waals surface area contributed by atoms with Crippen LogP contribution in [0.4, 0.5) is 11.4 Å².